The highest BCUT2D eigenvalue weighted by atomic mass is 19.1. The van der Waals surface area contributed by atoms with E-state index in [1.807, 2.05) is 0 Å². The van der Waals surface area contributed by atoms with Gasteiger partial charge in [0, 0.05) is 20.8 Å². The van der Waals surface area contributed by atoms with Gasteiger partial charge >= 0.3 is 17.9 Å². The van der Waals surface area contributed by atoms with E-state index in [1.54, 1.807) is 0 Å². The van der Waals surface area contributed by atoms with Crippen LogP contribution in [0.3, 0.4) is 0 Å². The molecule has 0 aromatic heterocycles. The van der Waals surface area contributed by atoms with Gasteiger partial charge in [-0.15, -0.1) is 0 Å². The van der Waals surface area contributed by atoms with Gasteiger partial charge in [0.1, 0.15) is 18.5 Å². The monoisotopic (exact) mass is 368 g/mol. The second-order valence-electron chi connectivity index (χ2n) is 5.43. The van der Waals surface area contributed by atoms with E-state index in [4.69, 9.17) is 14.2 Å². The van der Waals surface area contributed by atoms with Crippen LogP contribution >= 0.6 is 0 Å². The van der Waals surface area contributed by atoms with Crippen molar-refractivity contribution in [3.63, 3.8) is 0 Å². The lowest BCUT2D eigenvalue weighted by molar-refractivity contribution is -0.175. The van der Waals surface area contributed by atoms with E-state index in [-0.39, 0.29) is 0 Å². The van der Waals surface area contributed by atoms with Gasteiger partial charge in [0.05, 0.1) is 0 Å². The second kappa shape index (κ2) is 10.3. The van der Waals surface area contributed by atoms with Crippen molar-refractivity contribution >= 4 is 24.0 Å². The summed E-state index contributed by atoms with van der Waals surface area (Å²) in [5.41, 5.74) is 0.597. The molecule has 0 spiro atoms. The Hall–Kier alpha value is -2.74. The normalized spacial score (nSPS) is 14.3. The van der Waals surface area contributed by atoms with Crippen LogP contribution in [0.2, 0.25) is 0 Å². The van der Waals surface area contributed by atoms with Crippen molar-refractivity contribution in [3.8, 4) is 0 Å². The van der Waals surface area contributed by atoms with Crippen molar-refractivity contribution in [1.29, 1.82) is 0 Å². The molecule has 1 aromatic rings. The quantitative estimate of drug-likeness (QED) is 0.550. The van der Waals surface area contributed by atoms with Crippen LogP contribution < -0.4 is 0 Å². The zero-order valence-corrected chi connectivity index (χ0v) is 14.7. The Balaban J connectivity index is 3.04. The molecule has 0 aliphatic rings. The van der Waals surface area contributed by atoms with Crippen molar-refractivity contribution in [3.05, 3.63) is 41.7 Å². The minimum absolute atomic E-state index is 0.409. The molecule has 7 nitrogen and oxygen atoms in total. The Bertz CT molecular complexity index is 654. The molecular formula is C18H21FO7. The number of hydrogen-bond donors (Lipinski definition) is 1. The number of carbonyl (C=O) groups is 3. The zero-order valence-electron chi connectivity index (χ0n) is 14.7. The summed E-state index contributed by atoms with van der Waals surface area (Å²) in [6.45, 7) is 2.99. The summed E-state index contributed by atoms with van der Waals surface area (Å²) in [6, 6.07) is 5.48. The van der Waals surface area contributed by atoms with Crippen LogP contribution in [0.1, 0.15) is 26.3 Å². The van der Waals surface area contributed by atoms with Gasteiger partial charge in [-0.3, -0.25) is 14.4 Å². The number of ether oxygens (including phenoxy) is 3. The largest absolute Gasteiger partial charge is 0.463 e. The zero-order chi connectivity index (χ0) is 19.7. The molecule has 0 saturated heterocycles. The number of aliphatic hydroxyl groups excluding tert-OH is 1. The molecule has 1 rings (SSSR count). The third kappa shape index (κ3) is 7.89. The van der Waals surface area contributed by atoms with Gasteiger partial charge in [-0.2, -0.15) is 0 Å². The van der Waals surface area contributed by atoms with E-state index in [0.29, 0.717) is 5.56 Å². The number of esters is 3. The first-order valence-corrected chi connectivity index (χ1v) is 7.78. The Morgan fingerprint density at radius 1 is 1.04 bits per heavy atom. The number of aliphatic hydroxyl groups is 1. The fraction of sp³-hybridized carbons (Fsp3) is 0.389. The number of benzene rings is 1. The van der Waals surface area contributed by atoms with Gasteiger partial charge in [0.25, 0.3) is 0 Å². The van der Waals surface area contributed by atoms with E-state index in [2.05, 4.69) is 0 Å². The third-order valence-electron chi connectivity index (χ3n) is 3.11. The highest BCUT2D eigenvalue weighted by molar-refractivity contribution is 5.68. The Kier molecular flexibility index (Phi) is 8.44. The Morgan fingerprint density at radius 2 is 1.62 bits per heavy atom. The molecule has 0 aliphatic carbocycles. The highest BCUT2D eigenvalue weighted by Gasteiger charge is 2.33. The van der Waals surface area contributed by atoms with Gasteiger partial charge in [-0.25, -0.2) is 4.39 Å². The molecular weight excluding hydrogens is 347 g/mol. The summed E-state index contributed by atoms with van der Waals surface area (Å²) >= 11 is 0. The Labute approximate surface area is 150 Å². The molecule has 0 amide bonds. The topological polar surface area (TPSA) is 99.1 Å². The molecule has 0 bridgehead atoms. The van der Waals surface area contributed by atoms with E-state index < -0.39 is 48.6 Å². The molecule has 142 valence electrons. The van der Waals surface area contributed by atoms with Crippen LogP contribution in [0.4, 0.5) is 4.39 Å². The molecule has 0 heterocycles. The number of carbonyl (C=O) groups excluding carboxylic acids is 3. The lowest BCUT2D eigenvalue weighted by Crippen LogP contribution is -2.44. The lowest BCUT2D eigenvalue weighted by atomic mass is 10.1. The first-order valence-electron chi connectivity index (χ1n) is 7.78. The summed E-state index contributed by atoms with van der Waals surface area (Å²) < 4.78 is 27.8. The molecule has 0 aliphatic heterocycles. The summed E-state index contributed by atoms with van der Waals surface area (Å²) in [5.74, 6) is -2.43. The second-order valence-corrected chi connectivity index (χ2v) is 5.43. The summed E-state index contributed by atoms with van der Waals surface area (Å²) in [4.78, 5) is 33.6. The van der Waals surface area contributed by atoms with Gasteiger partial charge in [0.2, 0.25) is 0 Å². The van der Waals surface area contributed by atoms with Crippen molar-refractivity contribution in [2.75, 3.05) is 6.61 Å². The van der Waals surface area contributed by atoms with Crippen LogP contribution in [-0.4, -0.2) is 47.9 Å². The highest BCUT2D eigenvalue weighted by Crippen LogP contribution is 2.15. The molecule has 0 unspecified atom stereocenters. The molecule has 8 heteroatoms. The maximum absolute atomic E-state index is 13.0. The minimum Gasteiger partial charge on any atom is -0.463 e. The van der Waals surface area contributed by atoms with Crippen molar-refractivity contribution in [2.24, 2.45) is 0 Å². The predicted molar refractivity (Wildman–Crippen MR) is 89.2 cm³/mol. The molecule has 26 heavy (non-hydrogen) atoms. The molecule has 3 atom stereocenters. The van der Waals surface area contributed by atoms with Crippen LogP contribution in [0.5, 0.6) is 0 Å². The first-order chi connectivity index (χ1) is 12.2. The molecule has 0 fully saturated rings. The predicted octanol–water partition coefficient (Wildman–Crippen LogP) is 1.63. The molecule has 0 saturated carbocycles. The SMILES string of the molecule is CC(=O)OC[C@@H](O)[C@@H](OC(C)=O)[C@@H](/C=C/c1ccc(F)cc1)OC(C)=O. The summed E-state index contributed by atoms with van der Waals surface area (Å²) in [5, 5.41) is 10.2. The number of halogens is 1. The van der Waals surface area contributed by atoms with E-state index >= 15 is 0 Å². The molecule has 0 radical (unpaired) electrons. The standard InChI is InChI=1S/C18H21FO7/c1-11(20)24-10-16(23)18(26-13(3)22)17(25-12(2)21)9-6-14-4-7-15(19)8-5-14/h4-9,16-18,23H,10H2,1-3H3/b9-6+/t16-,17-,18-/m1/s1. The average Bonchev–Trinajstić information content (AvgIpc) is 2.55. The van der Waals surface area contributed by atoms with Crippen LogP contribution in [0, 0.1) is 5.82 Å². The van der Waals surface area contributed by atoms with Gasteiger partial charge in [-0.1, -0.05) is 18.2 Å². The van der Waals surface area contributed by atoms with Crippen molar-refractivity contribution in [1.82, 2.24) is 0 Å². The molecule has 1 aromatic carbocycles. The van der Waals surface area contributed by atoms with Crippen molar-refractivity contribution in [2.45, 2.75) is 39.1 Å². The third-order valence-corrected chi connectivity index (χ3v) is 3.11. The van der Waals surface area contributed by atoms with Crippen LogP contribution in [0.15, 0.2) is 30.3 Å². The maximum atomic E-state index is 13.0. The number of rotatable bonds is 8. The summed E-state index contributed by atoms with van der Waals surface area (Å²) in [6.07, 6.45) is -0.967. The van der Waals surface area contributed by atoms with Crippen LogP contribution in [-0.2, 0) is 28.6 Å². The van der Waals surface area contributed by atoms with Crippen LogP contribution in [0.25, 0.3) is 6.08 Å². The number of hydrogen-bond acceptors (Lipinski definition) is 7. The van der Waals surface area contributed by atoms with E-state index in [1.165, 1.54) is 36.4 Å². The van der Waals surface area contributed by atoms with Crippen molar-refractivity contribution < 1.29 is 38.1 Å². The van der Waals surface area contributed by atoms with Gasteiger partial charge in [0.15, 0.2) is 12.2 Å². The minimum atomic E-state index is -1.43. The van der Waals surface area contributed by atoms with E-state index in [9.17, 15) is 23.9 Å². The lowest BCUT2D eigenvalue weighted by Gasteiger charge is -2.27. The van der Waals surface area contributed by atoms with Gasteiger partial charge < -0.3 is 19.3 Å². The fourth-order valence-electron chi connectivity index (χ4n) is 2.04. The summed E-state index contributed by atoms with van der Waals surface area (Å²) in [7, 11) is 0. The van der Waals surface area contributed by atoms with Gasteiger partial charge in [-0.05, 0) is 23.8 Å². The Morgan fingerprint density at radius 3 is 2.12 bits per heavy atom. The van der Waals surface area contributed by atoms with E-state index in [0.717, 1.165) is 20.8 Å². The fourth-order valence-corrected chi connectivity index (χ4v) is 2.04. The smallest absolute Gasteiger partial charge is 0.303 e. The average molecular weight is 368 g/mol. The first kappa shape index (κ1) is 21.3. The molecule has 1 N–H and O–H groups in total. The maximum Gasteiger partial charge on any atom is 0.303 e.